The molecule has 4 rings (SSSR count). The summed E-state index contributed by atoms with van der Waals surface area (Å²) in [6.07, 6.45) is 3.87. The van der Waals surface area contributed by atoms with E-state index in [0.29, 0.717) is 28.6 Å². The average Bonchev–Trinajstić information content (AvgIpc) is 2.88. The first-order chi connectivity index (χ1) is 18.4. The van der Waals surface area contributed by atoms with Crippen LogP contribution in [0.5, 0.6) is 5.75 Å². The maximum Gasteiger partial charge on any atom is 0.277 e. The Kier molecular flexibility index (Phi) is 9.03. The number of halogens is 3. The standard InChI is InChI=1S/C26H23ClF2N4O4.C2H6/c1-14-10-31-22(32-12-16(26(3,4)36)5-6-23(32)34)9-20(14)33-15(2)7-21(24(27)25(33)35)37-13-19-18(29)8-17(28)11-30-19;1-2/h5-12,36H,13H2,1-4H3;1-2H3. The van der Waals surface area contributed by atoms with E-state index in [1.54, 1.807) is 33.8 Å². The smallest absolute Gasteiger partial charge is 0.277 e. The lowest BCUT2D eigenvalue weighted by Gasteiger charge is -2.20. The van der Waals surface area contributed by atoms with Crippen LogP contribution in [0.3, 0.4) is 0 Å². The van der Waals surface area contributed by atoms with Gasteiger partial charge < -0.3 is 9.84 Å². The van der Waals surface area contributed by atoms with Crippen LogP contribution in [0.25, 0.3) is 11.5 Å². The zero-order valence-corrected chi connectivity index (χ0v) is 23.2. The normalized spacial score (nSPS) is 11.1. The lowest BCUT2D eigenvalue weighted by molar-refractivity contribution is 0.0779. The summed E-state index contributed by atoms with van der Waals surface area (Å²) in [5, 5.41) is 10.1. The van der Waals surface area contributed by atoms with Crippen molar-refractivity contribution in [1.29, 1.82) is 0 Å². The van der Waals surface area contributed by atoms with Gasteiger partial charge in [-0.2, -0.15) is 0 Å². The van der Waals surface area contributed by atoms with Gasteiger partial charge in [0, 0.05) is 42.4 Å². The minimum atomic E-state index is -1.19. The molecular weight excluding hydrogens is 530 g/mol. The molecular formula is C28H29ClF2N4O4. The summed E-state index contributed by atoms with van der Waals surface area (Å²) in [7, 11) is 0. The maximum absolute atomic E-state index is 13.9. The number of aliphatic hydroxyl groups is 1. The fourth-order valence-corrected chi connectivity index (χ4v) is 3.88. The first-order valence-corrected chi connectivity index (χ1v) is 12.5. The van der Waals surface area contributed by atoms with Gasteiger partial charge in [-0.1, -0.05) is 25.4 Å². The van der Waals surface area contributed by atoms with Gasteiger partial charge in [-0.3, -0.25) is 23.7 Å². The highest BCUT2D eigenvalue weighted by atomic mass is 35.5. The summed E-state index contributed by atoms with van der Waals surface area (Å²) < 4.78 is 35.2. The van der Waals surface area contributed by atoms with Crippen molar-refractivity contribution in [2.24, 2.45) is 0 Å². The van der Waals surface area contributed by atoms with Gasteiger partial charge in [0.25, 0.3) is 11.1 Å². The van der Waals surface area contributed by atoms with Crippen molar-refractivity contribution in [2.75, 3.05) is 0 Å². The minimum absolute atomic E-state index is 0.00646. The van der Waals surface area contributed by atoms with Crippen LogP contribution < -0.4 is 15.9 Å². The third kappa shape index (κ3) is 6.40. The average molecular weight is 559 g/mol. The molecule has 4 heterocycles. The molecule has 0 aliphatic carbocycles. The molecule has 0 bridgehead atoms. The van der Waals surface area contributed by atoms with Gasteiger partial charge in [-0.25, -0.2) is 13.8 Å². The van der Waals surface area contributed by atoms with E-state index >= 15 is 0 Å². The molecule has 0 aromatic carbocycles. The van der Waals surface area contributed by atoms with Gasteiger partial charge in [-0.15, -0.1) is 0 Å². The van der Waals surface area contributed by atoms with Crippen LogP contribution in [-0.2, 0) is 12.2 Å². The zero-order chi connectivity index (χ0) is 29.1. The van der Waals surface area contributed by atoms with E-state index in [9.17, 15) is 23.5 Å². The fourth-order valence-electron chi connectivity index (χ4n) is 3.68. The monoisotopic (exact) mass is 558 g/mol. The Labute approximate surface area is 229 Å². The van der Waals surface area contributed by atoms with Crippen molar-refractivity contribution in [1.82, 2.24) is 19.1 Å². The van der Waals surface area contributed by atoms with Gasteiger partial charge in [0.05, 0.1) is 17.5 Å². The van der Waals surface area contributed by atoms with E-state index < -0.39 is 22.8 Å². The van der Waals surface area contributed by atoms with E-state index in [0.717, 1.165) is 6.20 Å². The van der Waals surface area contributed by atoms with Crippen molar-refractivity contribution in [3.63, 3.8) is 0 Å². The zero-order valence-electron chi connectivity index (χ0n) is 22.4. The molecule has 0 amide bonds. The van der Waals surface area contributed by atoms with Crippen molar-refractivity contribution < 1.29 is 18.6 Å². The van der Waals surface area contributed by atoms with Gasteiger partial charge >= 0.3 is 0 Å². The molecule has 8 nitrogen and oxygen atoms in total. The molecule has 0 saturated heterocycles. The fraction of sp³-hybridized carbons (Fsp3) is 0.286. The van der Waals surface area contributed by atoms with Crippen LogP contribution in [0.15, 0.2) is 58.5 Å². The van der Waals surface area contributed by atoms with Crippen LogP contribution in [0.2, 0.25) is 5.02 Å². The highest BCUT2D eigenvalue weighted by molar-refractivity contribution is 6.31. The molecule has 4 aromatic rings. The van der Waals surface area contributed by atoms with E-state index in [4.69, 9.17) is 16.3 Å². The summed E-state index contributed by atoms with van der Waals surface area (Å²) in [6, 6.07) is 6.62. The highest BCUT2D eigenvalue weighted by Crippen LogP contribution is 2.26. The van der Waals surface area contributed by atoms with E-state index in [2.05, 4.69) is 9.97 Å². The molecule has 0 aliphatic heterocycles. The van der Waals surface area contributed by atoms with Crippen LogP contribution in [0.4, 0.5) is 8.78 Å². The molecule has 0 aliphatic rings. The highest BCUT2D eigenvalue weighted by Gasteiger charge is 2.20. The molecule has 4 aromatic heterocycles. The van der Waals surface area contributed by atoms with Crippen molar-refractivity contribution in [2.45, 2.75) is 53.8 Å². The van der Waals surface area contributed by atoms with Gasteiger partial charge in [-0.05, 0) is 44.9 Å². The van der Waals surface area contributed by atoms with Crippen LogP contribution in [0, 0.1) is 25.5 Å². The van der Waals surface area contributed by atoms with Crippen LogP contribution in [0.1, 0.15) is 50.2 Å². The van der Waals surface area contributed by atoms with Crippen LogP contribution in [-0.4, -0.2) is 24.2 Å². The Hall–Kier alpha value is -3.89. The van der Waals surface area contributed by atoms with E-state index in [1.807, 2.05) is 13.8 Å². The Morgan fingerprint density at radius 3 is 2.38 bits per heavy atom. The number of pyridine rings is 4. The number of nitrogens with zero attached hydrogens (tertiary/aromatic N) is 4. The molecule has 11 heteroatoms. The molecule has 0 fully saturated rings. The Bertz CT molecular complexity index is 1630. The molecule has 0 radical (unpaired) electrons. The number of hydrogen-bond donors (Lipinski definition) is 1. The second-order valence-electron chi connectivity index (χ2n) is 8.99. The third-order valence-electron chi connectivity index (χ3n) is 5.71. The predicted octanol–water partition coefficient (Wildman–Crippen LogP) is 5.16. The lowest BCUT2D eigenvalue weighted by atomic mass is 10.0. The first kappa shape index (κ1) is 29.7. The van der Waals surface area contributed by atoms with Crippen molar-refractivity contribution in [3.05, 3.63) is 109 Å². The number of ether oxygens (including phenoxy) is 1. The van der Waals surface area contributed by atoms with Gasteiger partial charge in [0.1, 0.15) is 34.7 Å². The SMILES string of the molecule is CC.Cc1cnc(-n2cc(C(C)(C)O)ccc2=O)cc1-n1c(C)cc(OCc2ncc(F)cc2F)c(Cl)c1=O. The maximum atomic E-state index is 13.9. The second kappa shape index (κ2) is 11.9. The molecule has 0 atom stereocenters. The van der Waals surface area contributed by atoms with Gasteiger partial charge in [0.2, 0.25) is 0 Å². The molecule has 206 valence electrons. The number of aromatic nitrogens is 4. The van der Waals surface area contributed by atoms with E-state index in [1.165, 1.54) is 39.7 Å². The quantitative estimate of drug-likeness (QED) is 0.351. The van der Waals surface area contributed by atoms with Crippen molar-refractivity contribution >= 4 is 11.6 Å². The summed E-state index contributed by atoms with van der Waals surface area (Å²) in [4.78, 5) is 33.8. The molecule has 1 N–H and O–H groups in total. The molecule has 39 heavy (non-hydrogen) atoms. The largest absolute Gasteiger partial charge is 0.485 e. The Balaban J connectivity index is 0.00000205. The molecule has 0 saturated carbocycles. The predicted molar refractivity (Wildman–Crippen MR) is 145 cm³/mol. The summed E-state index contributed by atoms with van der Waals surface area (Å²) in [5.41, 5.74) is -0.323. The number of rotatable bonds is 6. The summed E-state index contributed by atoms with van der Waals surface area (Å²) in [5.74, 6) is -1.46. The lowest BCUT2D eigenvalue weighted by Crippen LogP contribution is -2.25. The number of aryl methyl sites for hydroxylation is 2. The van der Waals surface area contributed by atoms with Crippen LogP contribution >= 0.6 is 11.6 Å². The Morgan fingerprint density at radius 1 is 1.05 bits per heavy atom. The van der Waals surface area contributed by atoms with E-state index in [-0.39, 0.29) is 34.5 Å². The third-order valence-corrected chi connectivity index (χ3v) is 6.06. The molecule has 0 unspecified atom stereocenters. The number of hydrogen-bond acceptors (Lipinski definition) is 6. The first-order valence-electron chi connectivity index (χ1n) is 12.1. The Morgan fingerprint density at radius 2 is 1.74 bits per heavy atom. The second-order valence-corrected chi connectivity index (χ2v) is 9.37. The van der Waals surface area contributed by atoms with Gasteiger partial charge in [0.15, 0.2) is 5.82 Å². The molecule has 0 spiro atoms. The topological polar surface area (TPSA) is 99.2 Å². The minimum Gasteiger partial charge on any atom is -0.485 e. The summed E-state index contributed by atoms with van der Waals surface area (Å²) in [6.45, 7) is 10.2. The van der Waals surface area contributed by atoms with Crippen molar-refractivity contribution in [3.8, 4) is 17.3 Å². The summed E-state index contributed by atoms with van der Waals surface area (Å²) >= 11 is 6.33.